The molecule has 5 rings (SSSR count). The van der Waals surface area contributed by atoms with E-state index in [2.05, 4.69) is 0 Å². The third-order valence-corrected chi connectivity index (χ3v) is 3.72. The van der Waals surface area contributed by atoms with Crippen molar-refractivity contribution >= 4 is 0 Å². The molecule has 5 aliphatic rings. The summed E-state index contributed by atoms with van der Waals surface area (Å²) in [5, 5.41) is 9.65. The van der Waals surface area contributed by atoms with E-state index in [-0.39, 0.29) is 18.3 Å². The van der Waals surface area contributed by atoms with Crippen molar-refractivity contribution < 1.29 is 14.6 Å². The van der Waals surface area contributed by atoms with Crippen molar-refractivity contribution in [2.45, 2.75) is 36.9 Å². The standard InChI is InChI=1S/C8H10O3/c9-6-3-1-2-4-5(7(4)11-3)8(6)10-2/h2-9H,1H2. The zero-order valence-corrected chi connectivity index (χ0v) is 6.01. The largest absolute Gasteiger partial charge is 0.388 e. The van der Waals surface area contributed by atoms with Crippen LogP contribution in [0.5, 0.6) is 0 Å². The summed E-state index contributed by atoms with van der Waals surface area (Å²) in [7, 11) is 0. The Hall–Kier alpha value is -0.120. The van der Waals surface area contributed by atoms with Crippen LogP contribution in [0.1, 0.15) is 6.42 Å². The molecule has 7 unspecified atom stereocenters. The normalized spacial score (nSPS) is 75.5. The molecule has 0 spiro atoms. The van der Waals surface area contributed by atoms with E-state index in [0.717, 1.165) is 6.42 Å². The third-order valence-electron chi connectivity index (χ3n) is 3.72. The average molecular weight is 154 g/mol. The van der Waals surface area contributed by atoms with E-state index in [0.29, 0.717) is 24.0 Å². The lowest BCUT2D eigenvalue weighted by atomic mass is 9.96. The average Bonchev–Trinajstić information content (AvgIpc) is 2.58. The highest BCUT2D eigenvalue weighted by Gasteiger charge is 2.74. The Morgan fingerprint density at radius 3 is 2.64 bits per heavy atom. The molecule has 3 nitrogen and oxygen atoms in total. The monoisotopic (exact) mass is 154 g/mol. The molecular formula is C8H10O3. The molecule has 4 saturated heterocycles. The summed E-state index contributed by atoms with van der Waals surface area (Å²) in [6.45, 7) is 0. The van der Waals surface area contributed by atoms with Crippen LogP contribution in [0.3, 0.4) is 0 Å². The van der Waals surface area contributed by atoms with Crippen LogP contribution < -0.4 is 0 Å². The van der Waals surface area contributed by atoms with Crippen LogP contribution in [0.2, 0.25) is 0 Å². The van der Waals surface area contributed by atoms with Crippen LogP contribution in [0.25, 0.3) is 0 Å². The zero-order valence-electron chi connectivity index (χ0n) is 6.01. The Labute approximate surface area is 64.3 Å². The van der Waals surface area contributed by atoms with Gasteiger partial charge in [0.2, 0.25) is 0 Å². The molecular weight excluding hydrogens is 144 g/mol. The first kappa shape index (κ1) is 5.51. The highest BCUT2D eigenvalue weighted by Crippen LogP contribution is 2.63. The Kier molecular flexibility index (Phi) is 0.685. The van der Waals surface area contributed by atoms with E-state index in [1.165, 1.54) is 0 Å². The number of aliphatic hydroxyl groups is 1. The molecule has 0 aromatic rings. The molecule has 0 amide bonds. The lowest BCUT2D eigenvalue weighted by molar-refractivity contribution is -0.228. The van der Waals surface area contributed by atoms with Crippen LogP contribution in [0.4, 0.5) is 0 Å². The van der Waals surface area contributed by atoms with Gasteiger partial charge >= 0.3 is 0 Å². The molecule has 4 heterocycles. The topological polar surface area (TPSA) is 38.7 Å². The first-order valence-corrected chi connectivity index (χ1v) is 4.35. The second-order valence-corrected chi connectivity index (χ2v) is 4.16. The Bertz CT molecular complexity index is 227. The number of hydrogen-bond acceptors (Lipinski definition) is 3. The minimum absolute atomic E-state index is 0.0961. The molecule has 3 heteroatoms. The van der Waals surface area contributed by atoms with Gasteiger partial charge in [0.1, 0.15) is 6.10 Å². The number of ether oxygens (including phenoxy) is 2. The predicted octanol–water partition coefficient (Wildman–Crippen LogP) is -0.468. The van der Waals surface area contributed by atoms with Gasteiger partial charge in [-0.05, 0) is 0 Å². The molecule has 60 valence electrons. The van der Waals surface area contributed by atoms with E-state index >= 15 is 0 Å². The van der Waals surface area contributed by atoms with Gasteiger partial charge in [-0.25, -0.2) is 0 Å². The van der Waals surface area contributed by atoms with Crippen LogP contribution in [-0.2, 0) is 9.47 Å². The second-order valence-electron chi connectivity index (χ2n) is 4.16. The Morgan fingerprint density at radius 1 is 1.00 bits per heavy atom. The van der Waals surface area contributed by atoms with Gasteiger partial charge in [-0.15, -0.1) is 0 Å². The van der Waals surface area contributed by atoms with Crippen LogP contribution >= 0.6 is 0 Å². The van der Waals surface area contributed by atoms with Crippen LogP contribution in [-0.4, -0.2) is 35.6 Å². The van der Waals surface area contributed by atoms with Crippen molar-refractivity contribution in [1.82, 2.24) is 0 Å². The summed E-state index contributed by atoms with van der Waals surface area (Å²) in [5.74, 6) is 1.20. The van der Waals surface area contributed by atoms with Crippen molar-refractivity contribution in [1.29, 1.82) is 0 Å². The van der Waals surface area contributed by atoms with Gasteiger partial charge in [0.15, 0.2) is 0 Å². The maximum absolute atomic E-state index is 9.65. The molecule has 4 aliphatic heterocycles. The quantitative estimate of drug-likeness (QED) is 0.512. The highest BCUT2D eigenvalue weighted by molar-refractivity contribution is 5.21. The van der Waals surface area contributed by atoms with E-state index in [1.807, 2.05) is 0 Å². The van der Waals surface area contributed by atoms with Crippen molar-refractivity contribution in [2.24, 2.45) is 11.8 Å². The fourth-order valence-electron chi connectivity index (χ4n) is 3.20. The summed E-state index contributed by atoms with van der Waals surface area (Å²) < 4.78 is 11.3. The lowest BCUT2D eigenvalue weighted by Gasteiger charge is -2.42. The van der Waals surface area contributed by atoms with Crippen LogP contribution in [0.15, 0.2) is 0 Å². The number of aliphatic hydroxyl groups excluding tert-OH is 1. The molecule has 1 N–H and O–H groups in total. The Morgan fingerprint density at radius 2 is 1.82 bits per heavy atom. The summed E-state index contributed by atoms with van der Waals surface area (Å²) in [5.41, 5.74) is 0. The first-order valence-electron chi connectivity index (χ1n) is 4.35. The summed E-state index contributed by atoms with van der Waals surface area (Å²) >= 11 is 0. The lowest BCUT2D eigenvalue weighted by Crippen LogP contribution is -2.53. The zero-order chi connectivity index (χ0) is 7.16. The molecule has 5 fully saturated rings. The predicted molar refractivity (Wildman–Crippen MR) is 34.9 cm³/mol. The van der Waals surface area contributed by atoms with Crippen molar-refractivity contribution in [3.05, 3.63) is 0 Å². The summed E-state index contributed by atoms with van der Waals surface area (Å²) in [4.78, 5) is 0. The SMILES string of the molecule is OC1C2CC3OC1C1C(O2)C31. The molecule has 4 bridgehead atoms. The second kappa shape index (κ2) is 1.37. The van der Waals surface area contributed by atoms with E-state index in [4.69, 9.17) is 9.47 Å². The molecule has 1 aliphatic carbocycles. The minimum Gasteiger partial charge on any atom is -0.388 e. The summed E-state index contributed by atoms with van der Waals surface area (Å²) in [6, 6.07) is 0. The maximum atomic E-state index is 9.65. The van der Waals surface area contributed by atoms with E-state index in [9.17, 15) is 5.11 Å². The highest BCUT2D eigenvalue weighted by atomic mass is 16.6. The fraction of sp³-hybridized carbons (Fsp3) is 1.00. The van der Waals surface area contributed by atoms with Gasteiger partial charge in [-0.2, -0.15) is 0 Å². The minimum atomic E-state index is -0.333. The van der Waals surface area contributed by atoms with Gasteiger partial charge in [0.05, 0.1) is 24.4 Å². The van der Waals surface area contributed by atoms with Gasteiger partial charge in [-0.1, -0.05) is 0 Å². The Balaban J connectivity index is 1.86. The number of hydrogen-bond donors (Lipinski definition) is 1. The van der Waals surface area contributed by atoms with E-state index in [1.54, 1.807) is 0 Å². The van der Waals surface area contributed by atoms with Crippen molar-refractivity contribution in [2.75, 3.05) is 0 Å². The molecule has 0 aromatic carbocycles. The van der Waals surface area contributed by atoms with Crippen molar-refractivity contribution in [3.8, 4) is 0 Å². The maximum Gasteiger partial charge on any atom is 0.107 e. The smallest absolute Gasteiger partial charge is 0.107 e. The van der Waals surface area contributed by atoms with Gasteiger partial charge < -0.3 is 14.6 Å². The molecule has 0 radical (unpaired) electrons. The van der Waals surface area contributed by atoms with Gasteiger partial charge in [0, 0.05) is 18.3 Å². The van der Waals surface area contributed by atoms with Crippen molar-refractivity contribution in [3.63, 3.8) is 0 Å². The fourth-order valence-corrected chi connectivity index (χ4v) is 3.20. The molecule has 0 aromatic heterocycles. The molecule has 11 heavy (non-hydrogen) atoms. The van der Waals surface area contributed by atoms with Gasteiger partial charge in [0.25, 0.3) is 0 Å². The summed E-state index contributed by atoms with van der Waals surface area (Å²) in [6.07, 6.45) is 1.70. The van der Waals surface area contributed by atoms with E-state index < -0.39 is 0 Å². The molecule has 7 atom stereocenters. The molecule has 1 saturated carbocycles. The number of rotatable bonds is 0. The third kappa shape index (κ3) is 0.428. The first-order chi connectivity index (χ1) is 5.36. The van der Waals surface area contributed by atoms with Gasteiger partial charge in [-0.3, -0.25) is 0 Å². The van der Waals surface area contributed by atoms with Crippen LogP contribution in [0, 0.1) is 11.8 Å².